The molecule has 17 heteroatoms. The predicted molar refractivity (Wildman–Crippen MR) is 119 cm³/mol. The molecule has 0 spiro atoms. The Labute approximate surface area is 206 Å². The fraction of sp³-hybridized carbons (Fsp3) is 0.300. The van der Waals surface area contributed by atoms with E-state index in [0.717, 1.165) is 36.6 Å². The summed E-state index contributed by atoms with van der Waals surface area (Å²) in [5.74, 6) is -4.86. The number of nitrogens with one attached hydrogen (secondary N) is 1. The van der Waals surface area contributed by atoms with Gasteiger partial charge >= 0.3 is 19.9 Å². The van der Waals surface area contributed by atoms with Crippen LogP contribution in [0.1, 0.15) is 6.42 Å². The van der Waals surface area contributed by atoms with Crippen LogP contribution in [0, 0.1) is 17.5 Å². The number of ketones is 1. The van der Waals surface area contributed by atoms with E-state index in [-0.39, 0.29) is 24.6 Å². The van der Waals surface area contributed by atoms with Crippen molar-refractivity contribution in [3.63, 3.8) is 0 Å². The number of benzene rings is 1. The summed E-state index contributed by atoms with van der Waals surface area (Å²) in [6, 6.07) is 1.76. The smallest absolute Gasteiger partial charge is 0.442 e. The molecule has 37 heavy (non-hydrogen) atoms. The van der Waals surface area contributed by atoms with E-state index in [4.69, 9.17) is 4.74 Å². The zero-order valence-corrected chi connectivity index (χ0v) is 19.9. The van der Waals surface area contributed by atoms with Gasteiger partial charge in [-0.25, -0.2) is 32.0 Å². The van der Waals surface area contributed by atoms with Crippen LogP contribution in [0.15, 0.2) is 35.2 Å². The first-order valence-corrected chi connectivity index (χ1v) is 12.1. The van der Waals surface area contributed by atoms with Gasteiger partial charge in [0.2, 0.25) is 0 Å². The standard InChI is InChI=1S/C20H19F3N5O8P/c1-24-19(30)36-37(32,33)28(15-4-7-34-25-15)10-12-9-27(20(31)35-12)14-8-13(21)18(17(23)16(14)22)26-5-2-11(29)3-6-26/h2,4-5,7-8,12H,3,6,9-10H2,1H3,(H,24,30)(H,32,33). The molecule has 2 N–H and O–H groups in total. The molecule has 2 aromatic rings. The summed E-state index contributed by atoms with van der Waals surface area (Å²) in [6.45, 7) is -1.18. The number of carbonyl (C=O) groups excluding carboxylic acids is 3. The highest BCUT2D eigenvalue weighted by atomic mass is 31.2. The molecule has 2 unspecified atom stereocenters. The zero-order chi connectivity index (χ0) is 26.9. The van der Waals surface area contributed by atoms with Gasteiger partial charge in [-0.15, -0.1) is 0 Å². The Balaban J connectivity index is 1.58. The van der Waals surface area contributed by atoms with E-state index in [2.05, 4.69) is 14.2 Å². The van der Waals surface area contributed by atoms with E-state index in [1.807, 2.05) is 5.32 Å². The maximum absolute atomic E-state index is 15.0. The number of hydrogen-bond donors (Lipinski definition) is 2. The lowest BCUT2D eigenvalue weighted by Gasteiger charge is -2.27. The summed E-state index contributed by atoms with van der Waals surface area (Å²) in [6.07, 6.45) is -0.447. The number of rotatable bonds is 7. The van der Waals surface area contributed by atoms with Gasteiger partial charge in [-0.3, -0.25) is 14.6 Å². The SMILES string of the molecule is CNC(=O)OP(=O)(O)N(CC1CN(c2cc(F)c(N3C=CC(=O)CC3)c(F)c2F)C(=O)O1)c1ccon1. The molecule has 0 radical (unpaired) electrons. The lowest BCUT2D eigenvalue weighted by molar-refractivity contribution is -0.114. The van der Waals surface area contributed by atoms with Gasteiger partial charge in [0, 0.05) is 38.3 Å². The van der Waals surface area contributed by atoms with Gasteiger partial charge in [-0.2, -0.15) is 0 Å². The quantitative estimate of drug-likeness (QED) is 0.390. The molecule has 2 amide bonds. The van der Waals surface area contributed by atoms with Crippen LogP contribution in [0.4, 0.5) is 40.0 Å². The Morgan fingerprint density at radius 2 is 2.11 bits per heavy atom. The molecule has 2 aliphatic heterocycles. The first-order chi connectivity index (χ1) is 17.5. The number of cyclic esters (lactones) is 1. The number of nitrogens with zero attached hydrogens (tertiary/aromatic N) is 4. The van der Waals surface area contributed by atoms with Gasteiger partial charge in [0.1, 0.15) is 18.1 Å². The second-order valence-electron chi connectivity index (χ2n) is 7.75. The zero-order valence-electron chi connectivity index (χ0n) is 19.0. The fourth-order valence-electron chi connectivity index (χ4n) is 3.66. The summed E-state index contributed by atoms with van der Waals surface area (Å²) >= 11 is 0. The third-order valence-corrected chi connectivity index (χ3v) is 6.77. The molecule has 2 aliphatic rings. The first-order valence-electron chi connectivity index (χ1n) is 10.6. The minimum Gasteiger partial charge on any atom is -0.442 e. The second-order valence-corrected chi connectivity index (χ2v) is 9.40. The molecule has 0 bridgehead atoms. The third-order valence-electron chi connectivity index (χ3n) is 5.38. The van der Waals surface area contributed by atoms with Crippen molar-refractivity contribution in [2.75, 3.05) is 41.2 Å². The molecule has 3 heterocycles. The van der Waals surface area contributed by atoms with Crippen LogP contribution in [0.3, 0.4) is 0 Å². The Hall–Kier alpha value is -4.04. The second kappa shape index (κ2) is 10.1. The Kier molecular flexibility index (Phi) is 7.14. The monoisotopic (exact) mass is 545 g/mol. The van der Waals surface area contributed by atoms with Gasteiger partial charge < -0.3 is 24.0 Å². The van der Waals surface area contributed by atoms with Crippen molar-refractivity contribution in [3.05, 3.63) is 48.1 Å². The number of carbonyl (C=O) groups is 3. The van der Waals surface area contributed by atoms with Crippen molar-refractivity contribution in [1.82, 2.24) is 10.5 Å². The molecular weight excluding hydrogens is 526 g/mol. The molecule has 1 saturated heterocycles. The Bertz CT molecular complexity index is 1310. The molecule has 1 aromatic heterocycles. The lowest BCUT2D eigenvalue weighted by Crippen LogP contribution is -2.35. The van der Waals surface area contributed by atoms with E-state index in [0.29, 0.717) is 15.6 Å². The average molecular weight is 545 g/mol. The molecule has 0 saturated carbocycles. The molecule has 1 aromatic carbocycles. The van der Waals surface area contributed by atoms with Gasteiger partial charge in [0.05, 0.1) is 18.8 Å². The van der Waals surface area contributed by atoms with Crippen LogP contribution in [0.5, 0.6) is 0 Å². The van der Waals surface area contributed by atoms with E-state index in [1.54, 1.807) is 0 Å². The summed E-state index contributed by atoms with van der Waals surface area (Å²) < 4.78 is 72.3. The highest BCUT2D eigenvalue weighted by molar-refractivity contribution is 7.55. The van der Waals surface area contributed by atoms with Crippen molar-refractivity contribution >= 4 is 42.9 Å². The number of allylic oxidation sites excluding steroid dienone is 1. The maximum atomic E-state index is 15.0. The van der Waals surface area contributed by atoms with E-state index in [9.17, 15) is 37.0 Å². The highest BCUT2D eigenvalue weighted by Crippen LogP contribution is 2.49. The first kappa shape index (κ1) is 26.0. The molecule has 4 rings (SSSR count). The minimum atomic E-state index is -4.92. The van der Waals surface area contributed by atoms with Crippen molar-refractivity contribution in [1.29, 1.82) is 0 Å². The van der Waals surface area contributed by atoms with Crippen molar-refractivity contribution < 1.29 is 50.8 Å². The molecule has 0 aliphatic carbocycles. The summed E-state index contributed by atoms with van der Waals surface area (Å²) in [5.41, 5.74) is -1.51. The number of halogens is 3. The Morgan fingerprint density at radius 1 is 1.35 bits per heavy atom. The van der Waals surface area contributed by atoms with E-state index < -0.39 is 68.0 Å². The largest absolute Gasteiger partial charge is 0.491 e. The Morgan fingerprint density at radius 3 is 2.73 bits per heavy atom. The number of anilines is 3. The minimum absolute atomic E-state index is 0.0285. The van der Waals surface area contributed by atoms with Crippen LogP contribution in [-0.4, -0.2) is 60.8 Å². The number of hydrogen-bond acceptors (Lipinski definition) is 9. The van der Waals surface area contributed by atoms with Crippen LogP contribution in [0.25, 0.3) is 0 Å². The van der Waals surface area contributed by atoms with Gasteiger partial charge in [0.25, 0.3) is 0 Å². The highest BCUT2D eigenvalue weighted by Gasteiger charge is 2.42. The summed E-state index contributed by atoms with van der Waals surface area (Å²) in [4.78, 5) is 47.3. The maximum Gasteiger partial charge on any atom is 0.491 e. The molecule has 2 atom stereocenters. The van der Waals surface area contributed by atoms with E-state index >= 15 is 0 Å². The van der Waals surface area contributed by atoms with Crippen molar-refractivity contribution in [2.45, 2.75) is 12.5 Å². The number of amides is 2. The van der Waals surface area contributed by atoms with Gasteiger partial charge in [0.15, 0.2) is 29.1 Å². The molecular formula is C20H19F3N5O8P. The topological polar surface area (TPSA) is 155 Å². The molecule has 13 nitrogen and oxygen atoms in total. The lowest BCUT2D eigenvalue weighted by atomic mass is 10.1. The van der Waals surface area contributed by atoms with Crippen LogP contribution < -0.4 is 19.8 Å². The fourth-order valence-corrected chi connectivity index (χ4v) is 4.81. The average Bonchev–Trinajstić information content (AvgIpc) is 3.50. The van der Waals surface area contributed by atoms with E-state index in [1.165, 1.54) is 0 Å². The predicted octanol–water partition coefficient (Wildman–Crippen LogP) is 2.67. The summed E-state index contributed by atoms with van der Waals surface area (Å²) in [7, 11) is -3.77. The van der Waals surface area contributed by atoms with Crippen molar-refractivity contribution in [3.8, 4) is 0 Å². The van der Waals surface area contributed by atoms with Gasteiger partial charge in [-0.1, -0.05) is 5.16 Å². The molecule has 1 fully saturated rings. The molecule has 198 valence electrons. The van der Waals surface area contributed by atoms with Crippen LogP contribution >= 0.6 is 7.75 Å². The third kappa shape index (κ3) is 5.24. The number of aromatic nitrogens is 1. The van der Waals surface area contributed by atoms with Crippen LogP contribution in [0.2, 0.25) is 0 Å². The van der Waals surface area contributed by atoms with Crippen LogP contribution in [-0.2, 0) is 18.6 Å². The van der Waals surface area contributed by atoms with Crippen molar-refractivity contribution in [2.24, 2.45) is 0 Å². The summed E-state index contributed by atoms with van der Waals surface area (Å²) in [5, 5.41) is 5.52. The number of ether oxygens (including phenoxy) is 1. The van der Waals surface area contributed by atoms with Gasteiger partial charge in [-0.05, 0) is 6.08 Å². The normalized spacial score (nSPS) is 19.0.